The van der Waals surface area contributed by atoms with Gasteiger partial charge in [-0.25, -0.2) is 9.80 Å². The molecule has 6 nitrogen and oxygen atoms in total. The van der Waals surface area contributed by atoms with E-state index in [1.165, 1.54) is 32.1 Å². The highest BCUT2D eigenvalue weighted by atomic mass is 79.9. The summed E-state index contributed by atoms with van der Waals surface area (Å²) in [4.78, 5) is 62.7. The van der Waals surface area contributed by atoms with Crippen molar-refractivity contribution in [3.8, 4) is 44.5 Å². The second-order valence-corrected chi connectivity index (χ2v) is 26.9. The topological polar surface area (TPSA) is 74.8 Å². The van der Waals surface area contributed by atoms with E-state index in [4.69, 9.17) is 0 Å². The minimum absolute atomic E-state index is 0.0443. The van der Waals surface area contributed by atoms with E-state index >= 15 is 0 Å². The molecule has 4 amide bonds. The molecular weight excluding hydrogens is 1160 g/mol. The van der Waals surface area contributed by atoms with Crippen LogP contribution in [0.1, 0.15) is 176 Å². The Morgan fingerprint density at radius 2 is 0.595 bits per heavy atom. The number of anilines is 2. The Labute approximate surface area is 507 Å². The number of fused-ring (bicyclic) bond motifs is 8. The Bertz CT molecular complexity index is 4400. The maximum Gasteiger partial charge on any atom is 0.266 e. The van der Waals surface area contributed by atoms with Gasteiger partial charge in [-0.3, -0.25) is 19.2 Å². The molecule has 0 saturated heterocycles. The van der Waals surface area contributed by atoms with Gasteiger partial charge in [-0.1, -0.05) is 149 Å². The maximum atomic E-state index is 14.9. The summed E-state index contributed by atoms with van der Waals surface area (Å²) in [7, 11) is 0. The van der Waals surface area contributed by atoms with Crippen molar-refractivity contribution in [3.05, 3.63) is 212 Å². The van der Waals surface area contributed by atoms with Crippen molar-refractivity contribution in [2.75, 3.05) is 9.80 Å². The SMILES string of the molecule is C=C(Br)c1cc(C(C)C)c(N2C(=O)c3ccc4c5c(ccc(c35)C2=O)-c2cc3cc(CCc5cc6cc7c(cc6cc5C)-c5ccc6c8c(ccc-7c58)C(=O)N(c5c(C(C)C)cc(C(=C)Br)cc5C(C)C)C6=O)c(C)cc3cc2-4)c(C(C)C)c1. The fourth-order valence-electron chi connectivity index (χ4n) is 14.3. The lowest BCUT2D eigenvalue weighted by atomic mass is 9.86. The van der Waals surface area contributed by atoms with E-state index in [1.807, 2.05) is 24.3 Å². The van der Waals surface area contributed by atoms with Gasteiger partial charge < -0.3 is 0 Å². The van der Waals surface area contributed by atoms with Crippen molar-refractivity contribution in [2.45, 2.75) is 106 Å². The van der Waals surface area contributed by atoms with E-state index in [0.717, 1.165) is 143 Å². The summed E-state index contributed by atoms with van der Waals surface area (Å²) in [6.07, 6.45) is 1.71. The van der Waals surface area contributed by atoms with E-state index in [0.29, 0.717) is 33.6 Å². The van der Waals surface area contributed by atoms with Crippen molar-refractivity contribution in [2.24, 2.45) is 0 Å². The highest BCUT2D eigenvalue weighted by Gasteiger charge is 2.42. The molecule has 0 radical (unpaired) electrons. The van der Waals surface area contributed by atoms with Gasteiger partial charge in [0.15, 0.2) is 0 Å². The molecule has 0 spiro atoms. The van der Waals surface area contributed by atoms with Crippen LogP contribution in [0.25, 0.3) is 96.6 Å². The number of aryl methyl sites for hydroxylation is 4. The highest BCUT2D eigenvalue weighted by Crippen LogP contribution is 2.55. The second-order valence-electron chi connectivity index (χ2n) is 25.0. The summed E-state index contributed by atoms with van der Waals surface area (Å²) in [6.45, 7) is 29.5. The number of carbonyl (C=O) groups is 4. The molecule has 0 saturated carbocycles. The molecule has 414 valence electrons. The summed E-state index contributed by atoms with van der Waals surface area (Å²) in [6, 6.07) is 42.8. The van der Waals surface area contributed by atoms with Crippen LogP contribution < -0.4 is 9.80 Å². The van der Waals surface area contributed by atoms with Crippen LogP contribution in [0.5, 0.6) is 0 Å². The molecule has 0 atom stereocenters. The third-order valence-electron chi connectivity index (χ3n) is 18.6. The minimum atomic E-state index is -0.297. The molecule has 0 unspecified atom stereocenters. The van der Waals surface area contributed by atoms with Crippen molar-refractivity contribution < 1.29 is 19.2 Å². The first-order chi connectivity index (χ1) is 40.1. The molecule has 0 aromatic heterocycles. The predicted molar refractivity (Wildman–Crippen MR) is 356 cm³/mol. The Kier molecular flexibility index (Phi) is 12.4. The third-order valence-corrected chi connectivity index (χ3v) is 19.6. The third kappa shape index (κ3) is 7.78. The number of benzene rings is 10. The number of imide groups is 2. The molecular formula is C76H62Br2N2O4. The molecule has 0 fully saturated rings. The van der Waals surface area contributed by atoms with E-state index in [9.17, 15) is 19.2 Å². The fourth-order valence-corrected chi connectivity index (χ4v) is 14.8. The van der Waals surface area contributed by atoms with E-state index in [1.54, 1.807) is 0 Å². The van der Waals surface area contributed by atoms with Crippen molar-refractivity contribution in [3.63, 3.8) is 0 Å². The lowest BCUT2D eigenvalue weighted by Crippen LogP contribution is -2.41. The zero-order valence-corrected chi connectivity index (χ0v) is 52.1. The first-order valence-electron chi connectivity index (χ1n) is 29.3. The first kappa shape index (κ1) is 53.9. The van der Waals surface area contributed by atoms with Crippen molar-refractivity contribution in [1.82, 2.24) is 0 Å². The number of nitrogens with zero attached hydrogens (tertiary/aromatic N) is 2. The van der Waals surface area contributed by atoms with Crippen LogP contribution in [0.4, 0.5) is 11.4 Å². The molecule has 2 aliphatic carbocycles. The van der Waals surface area contributed by atoms with Crippen LogP contribution >= 0.6 is 31.9 Å². The molecule has 14 rings (SSSR count). The highest BCUT2D eigenvalue weighted by molar-refractivity contribution is 9.15. The Hall–Kier alpha value is -8.04. The lowest BCUT2D eigenvalue weighted by molar-refractivity contribution is 0.0877. The average molecular weight is 1230 g/mol. The van der Waals surface area contributed by atoms with Crippen LogP contribution in [0.15, 0.2) is 134 Å². The summed E-state index contributed by atoms with van der Waals surface area (Å²) in [5.41, 5.74) is 22.8. The second kappa shape index (κ2) is 19.2. The zero-order chi connectivity index (χ0) is 59.0. The summed E-state index contributed by atoms with van der Waals surface area (Å²) < 4.78 is 1.52. The lowest BCUT2D eigenvalue weighted by Gasteiger charge is -2.33. The monoisotopic (exact) mass is 1220 g/mol. The molecule has 8 heteroatoms. The first-order valence-corrected chi connectivity index (χ1v) is 30.9. The average Bonchev–Trinajstić information content (AvgIpc) is 1.49. The number of amides is 4. The molecule has 10 aromatic rings. The van der Waals surface area contributed by atoms with Gasteiger partial charge >= 0.3 is 0 Å². The van der Waals surface area contributed by atoms with Gasteiger partial charge in [0.05, 0.1) is 11.4 Å². The molecule has 2 heterocycles. The molecule has 0 bridgehead atoms. The Morgan fingerprint density at radius 1 is 0.357 bits per heavy atom. The van der Waals surface area contributed by atoms with Gasteiger partial charge in [-0.15, -0.1) is 0 Å². The zero-order valence-electron chi connectivity index (χ0n) is 49.0. The quantitative estimate of drug-likeness (QED) is 0.121. The maximum absolute atomic E-state index is 14.9. The van der Waals surface area contributed by atoms with E-state index in [2.05, 4.69) is 211 Å². The van der Waals surface area contributed by atoms with Gasteiger partial charge in [0.1, 0.15) is 0 Å². The Balaban J connectivity index is 0.774. The fraction of sp³-hybridized carbons (Fsp3) is 0.211. The smallest absolute Gasteiger partial charge is 0.266 e. The molecule has 84 heavy (non-hydrogen) atoms. The number of rotatable bonds is 11. The number of halogens is 2. The molecule has 10 aromatic carbocycles. The van der Waals surface area contributed by atoms with Gasteiger partial charge in [0, 0.05) is 42.0 Å². The van der Waals surface area contributed by atoms with E-state index in [-0.39, 0.29) is 47.3 Å². The van der Waals surface area contributed by atoms with Crippen LogP contribution in [-0.4, -0.2) is 23.6 Å². The normalized spacial score (nSPS) is 13.9. The van der Waals surface area contributed by atoms with Gasteiger partial charge in [-0.05, 0) is 256 Å². The summed E-state index contributed by atoms with van der Waals surface area (Å²) in [5, 5.41) is 8.00. The molecule has 4 aliphatic rings. The van der Waals surface area contributed by atoms with Gasteiger partial charge in [0.2, 0.25) is 0 Å². The largest absolute Gasteiger partial charge is 0.268 e. The number of hydrogen-bond donors (Lipinski definition) is 0. The molecule has 0 N–H and O–H groups in total. The van der Waals surface area contributed by atoms with Crippen LogP contribution in [0, 0.1) is 13.8 Å². The standard InChI is InChI=1S/C76H62Br2N2O4/c1-35(2)59-27-45(41(11)77)28-60(36(3)4)71(59)79-73(81)55-19-15-51-63-31-47-23-39(9)43(25-49(47)33-65(63)53-17-21-57(75(79)83)69(55)67(51)53)13-14-44-26-50-34-66-54-18-22-58-70-56(20-16-52(68(54)70)64(66)32-48(50)24-40(44)10)74(82)80(76(58)84)72-61(37(5)6)29-46(42(12)78)30-62(72)38(7)8/h15-38H,11-14H2,1-10H3. The van der Waals surface area contributed by atoms with Crippen LogP contribution in [-0.2, 0) is 12.8 Å². The molecule has 2 aliphatic heterocycles. The summed E-state index contributed by atoms with van der Waals surface area (Å²) in [5.74, 6) is -1.01. The van der Waals surface area contributed by atoms with Gasteiger partial charge in [0.25, 0.3) is 23.6 Å². The van der Waals surface area contributed by atoms with Gasteiger partial charge in [-0.2, -0.15) is 0 Å². The number of hydrogen-bond acceptors (Lipinski definition) is 4. The van der Waals surface area contributed by atoms with Crippen LogP contribution in [0.2, 0.25) is 0 Å². The summed E-state index contributed by atoms with van der Waals surface area (Å²) >= 11 is 7.18. The Morgan fingerprint density at radius 3 is 0.845 bits per heavy atom. The van der Waals surface area contributed by atoms with Crippen LogP contribution in [0.3, 0.4) is 0 Å². The minimum Gasteiger partial charge on any atom is -0.268 e. The van der Waals surface area contributed by atoms with Crippen molar-refractivity contribution >= 4 is 119 Å². The van der Waals surface area contributed by atoms with Crippen molar-refractivity contribution in [1.29, 1.82) is 0 Å². The van der Waals surface area contributed by atoms with E-state index < -0.39 is 0 Å². The number of carbonyl (C=O) groups excluding carboxylic acids is 4. The predicted octanol–water partition coefficient (Wildman–Crippen LogP) is 20.8.